The van der Waals surface area contributed by atoms with Gasteiger partial charge < -0.3 is 15.6 Å². The molecule has 0 bridgehead atoms. The molecule has 1 aromatic carbocycles. The Balaban J connectivity index is 2.48. The van der Waals surface area contributed by atoms with E-state index in [-0.39, 0.29) is 5.75 Å². The van der Waals surface area contributed by atoms with Crippen molar-refractivity contribution in [3.05, 3.63) is 30.0 Å². The highest BCUT2D eigenvalue weighted by atomic mass is 16.5. The summed E-state index contributed by atoms with van der Waals surface area (Å²) in [5.74, 6) is 1.40. The van der Waals surface area contributed by atoms with Gasteiger partial charge in [-0.3, -0.25) is 0 Å². The normalized spacial score (nSPS) is 10.3. The first-order valence-corrected chi connectivity index (χ1v) is 5.65. The molecule has 0 radical (unpaired) electrons. The molecule has 2 aromatic rings. The fraction of sp³-hybridized carbons (Fsp3) is 0.231. The second-order valence-electron chi connectivity index (χ2n) is 3.85. The van der Waals surface area contributed by atoms with Crippen LogP contribution in [0, 0.1) is 0 Å². The van der Waals surface area contributed by atoms with Crippen LogP contribution in [-0.4, -0.2) is 22.2 Å². The number of aryl methyl sites for hydroxylation is 1. The summed E-state index contributed by atoms with van der Waals surface area (Å²) in [6.07, 6.45) is 0.780. The molecule has 0 unspecified atom stereocenters. The molecule has 5 nitrogen and oxygen atoms in total. The molecule has 5 heteroatoms. The second-order valence-corrected chi connectivity index (χ2v) is 3.85. The van der Waals surface area contributed by atoms with E-state index in [4.69, 9.17) is 10.5 Å². The molecule has 0 aliphatic heterocycles. The van der Waals surface area contributed by atoms with Crippen LogP contribution < -0.4 is 10.5 Å². The number of rotatable bonds is 3. The van der Waals surface area contributed by atoms with Gasteiger partial charge in [0.25, 0.3) is 0 Å². The second kappa shape index (κ2) is 4.91. The van der Waals surface area contributed by atoms with E-state index in [1.807, 2.05) is 6.92 Å². The van der Waals surface area contributed by atoms with Crippen LogP contribution in [0.3, 0.4) is 0 Å². The van der Waals surface area contributed by atoms with E-state index < -0.39 is 0 Å². The van der Waals surface area contributed by atoms with Crippen LogP contribution >= 0.6 is 0 Å². The van der Waals surface area contributed by atoms with Crippen molar-refractivity contribution in [1.82, 2.24) is 9.97 Å². The number of nitrogens with zero attached hydrogens (tertiary/aromatic N) is 2. The molecule has 0 fully saturated rings. The molecule has 94 valence electrons. The largest absolute Gasteiger partial charge is 0.504 e. The van der Waals surface area contributed by atoms with Crippen LogP contribution in [0.2, 0.25) is 0 Å². The van der Waals surface area contributed by atoms with E-state index in [1.54, 1.807) is 24.3 Å². The molecule has 2 rings (SSSR count). The van der Waals surface area contributed by atoms with Crippen molar-refractivity contribution in [3.8, 4) is 22.9 Å². The van der Waals surface area contributed by atoms with Gasteiger partial charge in [0.2, 0.25) is 0 Å². The number of hydrogen-bond donors (Lipinski definition) is 2. The first-order chi connectivity index (χ1) is 8.63. The molecule has 0 aliphatic rings. The van der Waals surface area contributed by atoms with Gasteiger partial charge in [0.05, 0.1) is 7.11 Å². The smallest absolute Gasteiger partial charge is 0.161 e. The molecule has 18 heavy (non-hydrogen) atoms. The summed E-state index contributed by atoms with van der Waals surface area (Å²) in [5.41, 5.74) is 7.30. The summed E-state index contributed by atoms with van der Waals surface area (Å²) < 4.78 is 4.99. The number of aromatic hydroxyl groups is 1. The zero-order valence-corrected chi connectivity index (χ0v) is 10.3. The van der Waals surface area contributed by atoms with Crippen molar-refractivity contribution >= 4 is 5.82 Å². The van der Waals surface area contributed by atoms with E-state index in [1.165, 1.54) is 7.11 Å². The van der Waals surface area contributed by atoms with E-state index in [2.05, 4.69) is 9.97 Å². The van der Waals surface area contributed by atoms with Crippen LogP contribution in [0.25, 0.3) is 11.4 Å². The third kappa shape index (κ3) is 2.34. The molecule has 0 saturated carbocycles. The number of ether oxygens (including phenoxy) is 1. The number of hydrogen-bond acceptors (Lipinski definition) is 5. The Morgan fingerprint density at radius 3 is 2.67 bits per heavy atom. The Kier molecular flexibility index (Phi) is 3.32. The average molecular weight is 245 g/mol. The van der Waals surface area contributed by atoms with Gasteiger partial charge in [-0.05, 0) is 24.6 Å². The highest BCUT2D eigenvalue weighted by molar-refractivity contribution is 5.62. The Hall–Kier alpha value is -2.30. The van der Waals surface area contributed by atoms with E-state index in [0.717, 1.165) is 12.1 Å². The Labute approximate surface area is 105 Å². The fourth-order valence-corrected chi connectivity index (χ4v) is 1.66. The summed E-state index contributed by atoms with van der Waals surface area (Å²) in [5, 5.41) is 9.74. The minimum Gasteiger partial charge on any atom is -0.504 e. The van der Waals surface area contributed by atoms with Gasteiger partial charge in [-0.2, -0.15) is 0 Å². The summed E-state index contributed by atoms with van der Waals surface area (Å²) in [7, 11) is 1.50. The van der Waals surface area contributed by atoms with Crippen LogP contribution in [-0.2, 0) is 6.42 Å². The van der Waals surface area contributed by atoms with Gasteiger partial charge in [-0.15, -0.1) is 0 Å². The van der Waals surface area contributed by atoms with Crippen LogP contribution in [0.4, 0.5) is 5.82 Å². The first-order valence-electron chi connectivity index (χ1n) is 5.65. The van der Waals surface area contributed by atoms with Crippen LogP contribution in [0.1, 0.15) is 12.6 Å². The number of benzene rings is 1. The summed E-state index contributed by atoms with van der Waals surface area (Å²) in [6.45, 7) is 2.00. The predicted molar refractivity (Wildman–Crippen MR) is 69.5 cm³/mol. The van der Waals surface area contributed by atoms with Gasteiger partial charge in [0, 0.05) is 17.3 Å². The van der Waals surface area contributed by atoms with Gasteiger partial charge in [-0.1, -0.05) is 6.92 Å². The summed E-state index contributed by atoms with van der Waals surface area (Å²) >= 11 is 0. The van der Waals surface area contributed by atoms with Crippen molar-refractivity contribution in [2.75, 3.05) is 12.8 Å². The number of nitrogen functional groups attached to an aromatic ring is 1. The monoisotopic (exact) mass is 245 g/mol. The topological polar surface area (TPSA) is 81.3 Å². The number of methoxy groups -OCH3 is 1. The molecule has 0 aliphatic carbocycles. The minimum atomic E-state index is 0.0547. The quantitative estimate of drug-likeness (QED) is 0.864. The zero-order chi connectivity index (χ0) is 13.1. The number of anilines is 1. The van der Waals surface area contributed by atoms with Gasteiger partial charge in [0.15, 0.2) is 17.3 Å². The fourth-order valence-electron chi connectivity index (χ4n) is 1.66. The number of phenolic OH excluding ortho intramolecular Hbond substituents is 1. The van der Waals surface area contributed by atoms with Crippen LogP contribution in [0.5, 0.6) is 11.5 Å². The molecule has 0 atom stereocenters. The summed E-state index contributed by atoms with van der Waals surface area (Å²) in [4.78, 5) is 8.54. The average Bonchev–Trinajstić information content (AvgIpc) is 2.37. The van der Waals surface area contributed by atoms with Crippen LogP contribution in [0.15, 0.2) is 24.3 Å². The third-order valence-corrected chi connectivity index (χ3v) is 2.60. The lowest BCUT2D eigenvalue weighted by Gasteiger charge is -2.07. The van der Waals surface area contributed by atoms with Crippen molar-refractivity contribution < 1.29 is 9.84 Å². The third-order valence-electron chi connectivity index (χ3n) is 2.60. The highest BCUT2D eigenvalue weighted by Crippen LogP contribution is 2.30. The van der Waals surface area contributed by atoms with Gasteiger partial charge in [0.1, 0.15) is 5.82 Å². The van der Waals surface area contributed by atoms with Crippen molar-refractivity contribution in [2.24, 2.45) is 0 Å². The number of nitrogens with two attached hydrogens (primary N) is 1. The molecule has 1 heterocycles. The molecule has 3 N–H and O–H groups in total. The Bertz CT molecular complexity index is 570. The number of phenols is 1. The summed E-state index contributed by atoms with van der Waals surface area (Å²) in [6, 6.07) is 6.76. The SMILES string of the molecule is CCc1cc(N)nc(-c2ccc(OC)c(O)c2)n1. The molecule has 0 spiro atoms. The molecule has 0 saturated heterocycles. The lowest BCUT2D eigenvalue weighted by molar-refractivity contribution is 0.373. The van der Waals surface area contributed by atoms with E-state index in [0.29, 0.717) is 23.0 Å². The predicted octanol–water partition coefficient (Wildman–Crippen LogP) is 2.00. The van der Waals surface area contributed by atoms with Crippen molar-refractivity contribution in [3.63, 3.8) is 0 Å². The first kappa shape index (κ1) is 12.2. The maximum absolute atomic E-state index is 9.74. The van der Waals surface area contributed by atoms with Crippen molar-refractivity contribution in [1.29, 1.82) is 0 Å². The molecule has 1 aromatic heterocycles. The lowest BCUT2D eigenvalue weighted by Crippen LogP contribution is -1.99. The minimum absolute atomic E-state index is 0.0547. The van der Waals surface area contributed by atoms with Gasteiger partial charge >= 0.3 is 0 Å². The lowest BCUT2D eigenvalue weighted by atomic mass is 10.2. The van der Waals surface area contributed by atoms with E-state index in [9.17, 15) is 5.11 Å². The standard InChI is InChI=1S/C13H15N3O2/c1-3-9-7-12(14)16-13(15-9)8-4-5-11(18-2)10(17)6-8/h4-7,17H,3H2,1-2H3,(H2,14,15,16). The maximum atomic E-state index is 9.74. The number of aromatic nitrogens is 2. The molecular formula is C13H15N3O2. The maximum Gasteiger partial charge on any atom is 0.161 e. The Morgan fingerprint density at radius 2 is 2.06 bits per heavy atom. The zero-order valence-electron chi connectivity index (χ0n) is 10.3. The molecule has 0 amide bonds. The van der Waals surface area contributed by atoms with Gasteiger partial charge in [-0.25, -0.2) is 9.97 Å². The highest BCUT2D eigenvalue weighted by Gasteiger charge is 2.08. The molecular weight excluding hydrogens is 230 g/mol. The Morgan fingerprint density at radius 1 is 1.28 bits per heavy atom. The van der Waals surface area contributed by atoms with E-state index >= 15 is 0 Å². The van der Waals surface area contributed by atoms with Crippen molar-refractivity contribution in [2.45, 2.75) is 13.3 Å².